The molecule has 0 aliphatic rings. The fourth-order valence-electron chi connectivity index (χ4n) is 1.47. The molecule has 0 aliphatic carbocycles. The Morgan fingerprint density at radius 2 is 2.06 bits per heavy atom. The normalized spacial score (nSPS) is 10.1. The van der Waals surface area contributed by atoms with E-state index < -0.39 is 0 Å². The van der Waals surface area contributed by atoms with Crippen LogP contribution in [0.25, 0.3) is 0 Å². The second-order valence-corrected chi connectivity index (χ2v) is 3.35. The van der Waals surface area contributed by atoms with Crippen LogP contribution in [0.5, 0.6) is 0 Å². The average Bonchev–Trinajstić information content (AvgIpc) is 2.77. The molecular weight excluding hydrogens is 202 g/mol. The van der Waals surface area contributed by atoms with Gasteiger partial charge in [-0.15, -0.1) is 0 Å². The highest BCUT2D eigenvalue weighted by atomic mass is 16.1. The van der Waals surface area contributed by atoms with Crippen molar-refractivity contribution in [2.75, 3.05) is 5.32 Å². The zero-order valence-electron chi connectivity index (χ0n) is 9.05. The number of nitrogens with zero attached hydrogens (tertiary/aromatic N) is 2. The molecule has 4 heteroatoms. The minimum Gasteiger partial charge on any atom is -0.307 e. The van der Waals surface area contributed by atoms with E-state index in [0.717, 1.165) is 12.4 Å². The molecule has 0 saturated carbocycles. The van der Waals surface area contributed by atoms with E-state index in [4.69, 9.17) is 0 Å². The maximum Gasteiger partial charge on any atom is 0.256 e. The van der Waals surface area contributed by atoms with Gasteiger partial charge in [-0.2, -0.15) is 5.10 Å². The van der Waals surface area contributed by atoms with Gasteiger partial charge in [-0.25, -0.2) is 4.68 Å². The molecule has 1 aromatic carbocycles. The highest BCUT2D eigenvalue weighted by molar-refractivity contribution is 6.03. The smallest absolute Gasteiger partial charge is 0.256 e. The molecule has 1 amide bonds. The minimum absolute atomic E-state index is 0.115. The summed E-state index contributed by atoms with van der Waals surface area (Å²) in [5.41, 5.74) is 0.645. The summed E-state index contributed by atoms with van der Waals surface area (Å²) < 4.78 is 1.74. The molecule has 0 aliphatic heterocycles. The van der Waals surface area contributed by atoms with E-state index in [1.54, 1.807) is 29.1 Å². The number of amides is 1. The molecule has 0 unspecified atom stereocenters. The predicted octanol–water partition coefficient (Wildman–Crippen LogP) is 2.16. The van der Waals surface area contributed by atoms with E-state index in [9.17, 15) is 4.79 Å². The van der Waals surface area contributed by atoms with Crippen LogP contribution in [-0.4, -0.2) is 15.7 Å². The number of aryl methyl sites for hydroxylation is 1. The summed E-state index contributed by atoms with van der Waals surface area (Å²) in [6.45, 7) is 2.71. The zero-order valence-corrected chi connectivity index (χ0v) is 9.05. The van der Waals surface area contributed by atoms with Gasteiger partial charge in [0.1, 0.15) is 5.82 Å². The largest absolute Gasteiger partial charge is 0.307 e. The third kappa shape index (κ3) is 2.11. The summed E-state index contributed by atoms with van der Waals surface area (Å²) >= 11 is 0. The second-order valence-electron chi connectivity index (χ2n) is 3.35. The Hall–Kier alpha value is -2.10. The lowest BCUT2D eigenvalue weighted by molar-refractivity contribution is 0.102. The highest BCUT2D eigenvalue weighted by Gasteiger charge is 2.07. The first-order chi connectivity index (χ1) is 7.81. The Kier molecular flexibility index (Phi) is 3.00. The van der Waals surface area contributed by atoms with Crippen LogP contribution < -0.4 is 5.32 Å². The molecule has 1 heterocycles. The Morgan fingerprint density at radius 1 is 1.31 bits per heavy atom. The fraction of sp³-hybridized carbons (Fsp3) is 0.167. The maximum atomic E-state index is 11.8. The van der Waals surface area contributed by atoms with Crippen LogP contribution in [0, 0.1) is 0 Å². The van der Waals surface area contributed by atoms with E-state index in [1.165, 1.54) is 0 Å². The molecule has 0 bridgehead atoms. The minimum atomic E-state index is -0.115. The van der Waals surface area contributed by atoms with E-state index in [0.29, 0.717) is 5.56 Å². The Bertz CT molecular complexity index is 476. The van der Waals surface area contributed by atoms with Gasteiger partial charge in [0.05, 0.1) is 6.20 Å². The summed E-state index contributed by atoms with van der Waals surface area (Å²) in [5.74, 6) is 0.604. The molecule has 0 atom stereocenters. The van der Waals surface area contributed by atoms with Crippen molar-refractivity contribution in [2.45, 2.75) is 13.5 Å². The Balaban J connectivity index is 2.14. The van der Waals surface area contributed by atoms with Crippen molar-refractivity contribution < 1.29 is 4.79 Å². The van der Waals surface area contributed by atoms with Gasteiger partial charge in [0.15, 0.2) is 0 Å². The quantitative estimate of drug-likeness (QED) is 0.852. The molecule has 2 rings (SSSR count). The average molecular weight is 215 g/mol. The molecule has 82 valence electrons. The van der Waals surface area contributed by atoms with Gasteiger partial charge in [0.25, 0.3) is 5.91 Å². The van der Waals surface area contributed by atoms with Crippen LogP contribution in [0.3, 0.4) is 0 Å². The molecular formula is C12H13N3O. The molecule has 0 fully saturated rings. The third-order valence-electron chi connectivity index (χ3n) is 2.29. The van der Waals surface area contributed by atoms with Crippen LogP contribution in [0.2, 0.25) is 0 Å². The zero-order chi connectivity index (χ0) is 11.4. The lowest BCUT2D eigenvalue weighted by atomic mass is 10.2. The van der Waals surface area contributed by atoms with Crippen molar-refractivity contribution in [1.29, 1.82) is 0 Å². The van der Waals surface area contributed by atoms with Crippen molar-refractivity contribution >= 4 is 11.7 Å². The van der Waals surface area contributed by atoms with Gasteiger partial charge in [-0.05, 0) is 19.1 Å². The number of rotatable bonds is 3. The molecule has 16 heavy (non-hydrogen) atoms. The van der Waals surface area contributed by atoms with Crippen molar-refractivity contribution in [1.82, 2.24) is 9.78 Å². The van der Waals surface area contributed by atoms with E-state index in [-0.39, 0.29) is 5.91 Å². The van der Waals surface area contributed by atoms with E-state index >= 15 is 0 Å². The predicted molar refractivity (Wildman–Crippen MR) is 62.3 cm³/mol. The molecule has 1 aromatic heterocycles. The summed E-state index contributed by atoms with van der Waals surface area (Å²) in [5, 5.41) is 6.90. The van der Waals surface area contributed by atoms with Crippen molar-refractivity contribution in [3.8, 4) is 0 Å². The number of hydrogen-bond donors (Lipinski definition) is 1. The highest BCUT2D eigenvalue weighted by Crippen LogP contribution is 2.08. The number of carbonyl (C=O) groups is 1. The monoisotopic (exact) mass is 215 g/mol. The summed E-state index contributed by atoms with van der Waals surface area (Å²) in [6.07, 6.45) is 1.67. The lowest BCUT2D eigenvalue weighted by Crippen LogP contribution is -2.15. The first kappa shape index (κ1) is 10.4. The third-order valence-corrected chi connectivity index (χ3v) is 2.29. The lowest BCUT2D eigenvalue weighted by Gasteiger charge is -2.06. The maximum absolute atomic E-state index is 11.8. The van der Waals surface area contributed by atoms with Crippen LogP contribution in [-0.2, 0) is 6.54 Å². The Labute approximate surface area is 93.9 Å². The topological polar surface area (TPSA) is 46.9 Å². The summed E-state index contributed by atoms with van der Waals surface area (Å²) in [7, 11) is 0. The van der Waals surface area contributed by atoms with Gasteiger partial charge in [0, 0.05) is 18.2 Å². The summed E-state index contributed by atoms with van der Waals surface area (Å²) in [6, 6.07) is 10.9. The number of benzene rings is 1. The molecule has 1 N–H and O–H groups in total. The van der Waals surface area contributed by atoms with Gasteiger partial charge >= 0.3 is 0 Å². The number of anilines is 1. The number of carbonyl (C=O) groups excluding carboxylic acids is 1. The second kappa shape index (κ2) is 4.61. The molecule has 0 radical (unpaired) electrons. The molecule has 0 saturated heterocycles. The molecule has 2 aromatic rings. The van der Waals surface area contributed by atoms with Crippen molar-refractivity contribution in [3.05, 3.63) is 48.2 Å². The van der Waals surface area contributed by atoms with Gasteiger partial charge in [-0.3, -0.25) is 4.79 Å². The van der Waals surface area contributed by atoms with Gasteiger partial charge in [0.2, 0.25) is 0 Å². The standard InChI is InChI=1S/C12H13N3O/c1-2-15-11(8-9-13-15)14-12(16)10-6-4-3-5-7-10/h3-9H,2H2,1H3,(H,14,16). The van der Waals surface area contributed by atoms with Crippen LogP contribution in [0.1, 0.15) is 17.3 Å². The van der Waals surface area contributed by atoms with Crippen molar-refractivity contribution in [2.24, 2.45) is 0 Å². The van der Waals surface area contributed by atoms with Crippen LogP contribution >= 0.6 is 0 Å². The van der Waals surface area contributed by atoms with E-state index in [2.05, 4.69) is 10.4 Å². The first-order valence-corrected chi connectivity index (χ1v) is 5.19. The van der Waals surface area contributed by atoms with Crippen molar-refractivity contribution in [3.63, 3.8) is 0 Å². The van der Waals surface area contributed by atoms with Crippen LogP contribution in [0.15, 0.2) is 42.6 Å². The first-order valence-electron chi connectivity index (χ1n) is 5.19. The SMILES string of the molecule is CCn1nccc1NC(=O)c1ccccc1. The number of aromatic nitrogens is 2. The molecule has 4 nitrogen and oxygen atoms in total. The Morgan fingerprint density at radius 3 is 2.75 bits per heavy atom. The number of nitrogens with one attached hydrogen (secondary N) is 1. The van der Waals surface area contributed by atoms with Crippen LogP contribution in [0.4, 0.5) is 5.82 Å². The fourth-order valence-corrected chi connectivity index (χ4v) is 1.47. The van der Waals surface area contributed by atoms with E-state index in [1.807, 2.05) is 25.1 Å². The number of hydrogen-bond acceptors (Lipinski definition) is 2. The van der Waals surface area contributed by atoms with Gasteiger partial charge in [-0.1, -0.05) is 18.2 Å². The van der Waals surface area contributed by atoms with Gasteiger partial charge < -0.3 is 5.32 Å². The molecule has 0 spiro atoms. The summed E-state index contributed by atoms with van der Waals surface area (Å²) in [4.78, 5) is 11.8.